The van der Waals surface area contributed by atoms with Crippen molar-refractivity contribution in [3.05, 3.63) is 113 Å². The number of rotatable bonds is 2. The third kappa shape index (κ3) is 2.90. The number of carbonyl (C=O) groups is 1. The molecule has 1 aliphatic heterocycles. The lowest BCUT2D eigenvalue weighted by molar-refractivity contribution is -0.128. The Bertz CT molecular complexity index is 1260. The maximum Gasteiger partial charge on any atom is 0.234 e. The van der Waals surface area contributed by atoms with Crippen molar-refractivity contribution >= 4 is 22.3 Å². The number of piperidine rings is 1. The van der Waals surface area contributed by atoms with Crippen molar-refractivity contribution in [2.45, 2.75) is 25.0 Å². The highest BCUT2D eigenvalue weighted by atomic mass is 16.3. The third-order valence-corrected chi connectivity index (χ3v) is 6.15. The van der Waals surface area contributed by atoms with Crippen LogP contribution >= 0.6 is 0 Å². The van der Waals surface area contributed by atoms with Crippen molar-refractivity contribution in [3.63, 3.8) is 0 Å². The Kier molecular flexibility index (Phi) is 4.23. The van der Waals surface area contributed by atoms with Crippen LogP contribution in [0.1, 0.15) is 29.5 Å². The summed E-state index contributed by atoms with van der Waals surface area (Å²) in [5, 5.41) is 16.0. The van der Waals surface area contributed by atoms with Gasteiger partial charge in [-0.25, -0.2) is 0 Å². The SMILES string of the molecule is C=C1/C(=C\C2=CCc3ccccc32)C(C)(O)NC(=O)C1c1cccc2ccccc12. The van der Waals surface area contributed by atoms with Gasteiger partial charge in [0.15, 0.2) is 5.72 Å². The Balaban J connectivity index is 1.62. The Morgan fingerprint density at radius 2 is 1.80 bits per heavy atom. The summed E-state index contributed by atoms with van der Waals surface area (Å²) in [6.07, 6.45) is 5.00. The molecule has 2 N–H and O–H groups in total. The zero-order chi connectivity index (χ0) is 20.9. The number of fused-ring (bicyclic) bond motifs is 2. The van der Waals surface area contributed by atoms with Gasteiger partial charge in [0, 0.05) is 5.57 Å². The summed E-state index contributed by atoms with van der Waals surface area (Å²) in [5.74, 6) is -0.792. The number of benzene rings is 3. The average molecular weight is 393 g/mol. The molecule has 1 heterocycles. The normalized spacial score (nSPS) is 24.7. The van der Waals surface area contributed by atoms with E-state index in [-0.39, 0.29) is 5.91 Å². The Hall–Kier alpha value is -3.43. The number of hydrogen-bond donors (Lipinski definition) is 2. The minimum Gasteiger partial charge on any atom is -0.367 e. The zero-order valence-corrected chi connectivity index (χ0v) is 16.9. The van der Waals surface area contributed by atoms with Gasteiger partial charge in [-0.05, 0) is 58.0 Å². The summed E-state index contributed by atoms with van der Waals surface area (Å²) in [6, 6.07) is 22.3. The van der Waals surface area contributed by atoms with E-state index in [1.165, 1.54) is 5.56 Å². The molecule has 0 bridgehead atoms. The number of carbonyl (C=O) groups excluding carboxylic acids is 1. The molecule has 0 spiro atoms. The molecule has 1 saturated heterocycles. The lowest BCUT2D eigenvalue weighted by atomic mass is 9.77. The van der Waals surface area contributed by atoms with Gasteiger partial charge in [-0.3, -0.25) is 4.79 Å². The van der Waals surface area contributed by atoms with E-state index in [9.17, 15) is 9.90 Å². The molecule has 1 amide bonds. The second-order valence-electron chi connectivity index (χ2n) is 8.17. The van der Waals surface area contributed by atoms with Gasteiger partial charge in [0.05, 0.1) is 5.92 Å². The first kappa shape index (κ1) is 18.6. The molecule has 5 rings (SSSR count). The fourth-order valence-electron chi connectivity index (χ4n) is 4.67. The maximum atomic E-state index is 13.1. The van der Waals surface area contributed by atoms with Crippen LogP contribution in [-0.2, 0) is 11.2 Å². The zero-order valence-electron chi connectivity index (χ0n) is 16.9. The highest BCUT2D eigenvalue weighted by Gasteiger charge is 2.42. The van der Waals surface area contributed by atoms with Gasteiger partial charge in [0.1, 0.15) is 0 Å². The van der Waals surface area contributed by atoms with Crippen molar-refractivity contribution in [1.29, 1.82) is 0 Å². The summed E-state index contributed by atoms with van der Waals surface area (Å²) in [5.41, 5.74) is 4.17. The molecule has 3 nitrogen and oxygen atoms in total. The quantitative estimate of drug-likeness (QED) is 0.652. The monoisotopic (exact) mass is 393 g/mol. The molecule has 2 unspecified atom stereocenters. The Morgan fingerprint density at radius 1 is 1.07 bits per heavy atom. The van der Waals surface area contributed by atoms with Crippen molar-refractivity contribution < 1.29 is 9.90 Å². The highest BCUT2D eigenvalue weighted by molar-refractivity contribution is 5.98. The van der Waals surface area contributed by atoms with Crippen molar-refractivity contribution in [2.75, 3.05) is 0 Å². The Morgan fingerprint density at radius 3 is 2.67 bits per heavy atom. The molecule has 3 heteroatoms. The van der Waals surface area contributed by atoms with E-state index in [1.54, 1.807) is 6.92 Å². The van der Waals surface area contributed by atoms with E-state index in [1.807, 2.05) is 60.7 Å². The molecule has 0 radical (unpaired) electrons. The van der Waals surface area contributed by atoms with Crippen LogP contribution < -0.4 is 5.32 Å². The molecular formula is C27H23NO2. The van der Waals surface area contributed by atoms with E-state index in [4.69, 9.17) is 0 Å². The van der Waals surface area contributed by atoms with Crippen LogP contribution in [-0.4, -0.2) is 16.7 Å². The minimum atomic E-state index is -1.48. The molecule has 0 aromatic heterocycles. The van der Waals surface area contributed by atoms with Gasteiger partial charge in [-0.2, -0.15) is 0 Å². The molecule has 0 saturated carbocycles. The fraction of sp³-hybridized carbons (Fsp3) is 0.148. The second kappa shape index (κ2) is 6.82. The van der Waals surface area contributed by atoms with Crippen LogP contribution in [0.25, 0.3) is 16.3 Å². The van der Waals surface area contributed by atoms with E-state index < -0.39 is 11.6 Å². The lowest BCUT2D eigenvalue weighted by Gasteiger charge is -2.38. The van der Waals surface area contributed by atoms with E-state index in [2.05, 4.69) is 30.1 Å². The molecule has 2 aliphatic rings. The van der Waals surface area contributed by atoms with Crippen LogP contribution in [0, 0.1) is 0 Å². The standard InChI is InChI=1S/C27H23NO2/c1-17-24(16-20-15-14-19-9-3-5-11-21(19)20)27(2,30)28-26(29)25(17)23-13-7-10-18-8-4-6-12-22(18)23/h3-13,15-16,25,30H,1,14H2,2H3,(H,28,29)/b24-16+. The van der Waals surface area contributed by atoms with Gasteiger partial charge < -0.3 is 10.4 Å². The van der Waals surface area contributed by atoms with Crippen molar-refractivity contribution in [1.82, 2.24) is 5.32 Å². The number of nitrogens with one attached hydrogen (secondary N) is 1. The van der Waals surface area contributed by atoms with Gasteiger partial charge >= 0.3 is 0 Å². The smallest absolute Gasteiger partial charge is 0.234 e. The Labute approximate surface area is 176 Å². The first-order chi connectivity index (χ1) is 14.5. The first-order valence-electron chi connectivity index (χ1n) is 10.2. The number of hydrogen-bond acceptors (Lipinski definition) is 2. The minimum absolute atomic E-state index is 0.237. The molecule has 2 atom stereocenters. The maximum absolute atomic E-state index is 13.1. The highest BCUT2D eigenvalue weighted by Crippen LogP contribution is 2.42. The lowest BCUT2D eigenvalue weighted by Crippen LogP contribution is -2.54. The summed E-state index contributed by atoms with van der Waals surface area (Å²) in [4.78, 5) is 13.1. The number of allylic oxidation sites excluding steroid dienone is 3. The van der Waals surface area contributed by atoms with Gasteiger partial charge in [0.25, 0.3) is 0 Å². The van der Waals surface area contributed by atoms with Crippen LogP contribution in [0.3, 0.4) is 0 Å². The average Bonchev–Trinajstić information content (AvgIpc) is 3.14. The summed E-state index contributed by atoms with van der Waals surface area (Å²) in [7, 11) is 0. The van der Waals surface area contributed by atoms with Gasteiger partial charge in [0.2, 0.25) is 5.91 Å². The van der Waals surface area contributed by atoms with E-state index >= 15 is 0 Å². The topological polar surface area (TPSA) is 49.3 Å². The summed E-state index contributed by atoms with van der Waals surface area (Å²) in [6.45, 7) is 5.90. The van der Waals surface area contributed by atoms with E-state index in [0.29, 0.717) is 11.1 Å². The summed E-state index contributed by atoms with van der Waals surface area (Å²) >= 11 is 0. The van der Waals surface area contributed by atoms with Gasteiger partial charge in [-0.1, -0.05) is 79.4 Å². The fourth-order valence-corrected chi connectivity index (χ4v) is 4.67. The molecule has 148 valence electrons. The predicted octanol–water partition coefficient (Wildman–Crippen LogP) is 4.88. The molecule has 1 fully saturated rings. The third-order valence-electron chi connectivity index (χ3n) is 6.15. The molecule has 1 aliphatic carbocycles. The molecule has 3 aromatic carbocycles. The summed E-state index contributed by atoms with van der Waals surface area (Å²) < 4.78 is 0. The first-order valence-corrected chi connectivity index (χ1v) is 10.2. The number of aliphatic hydroxyl groups is 1. The van der Waals surface area contributed by atoms with Crippen molar-refractivity contribution in [3.8, 4) is 0 Å². The van der Waals surface area contributed by atoms with Gasteiger partial charge in [-0.15, -0.1) is 0 Å². The second-order valence-corrected chi connectivity index (χ2v) is 8.17. The largest absolute Gasteiger partial charge is 0.367 e. The number of amides is 1. The van der Waals surface area contributed by atoms with Crippen LogP contribution in [0.4, 0.5) is 0 Å². The predicted molar refractivity (Wildman–Crippen MR) is 121 cm³/mol. The molecular weight excluding hydrogens is 370 g/mol. The van der Waals surface area contributed by atoms with Crippen LogP contribution in [0.5, 0.6) is 0 Å². The van der Waals surface area contributed by atoms with E-state index in [0.717, 1.165) is 33.9 Å². The molecule has 30 heavy (non-hydrogen) atoms. The van der Waals surface area contributed by atoms with Crippen LogP contribution in [0.15, 0.2) is 96.6 Å². The molecule has 3 aromatic rings. The van der Waals surface area contributed by atoms with Crippen molar-refractivity contribution in [2.24, 2.45) is 0 Å². The van der Waals surface area contributed by atoms with Crippen LogP contribution in [0.2, 0.25) is 0 Å².